The second kappa shape index (κ2) is 9.96. The number of nitro groups is 1. The molecule has 1 N–H and O–H groups in total. The molecule has 1 aromatic rings. The van der Waals surface area contributed by atoms with Crippen molar-refractivity contribution in [2.45, 2.75) is 20.0 Å². The zero-order valence-corrected chi connectivity index (χ0v) is 14.2. The molecule has 0 aliphatic rings. The average Bonchev–Trinajstić information content (AvgIpc) is 2.62. The van der Waals surface area contributed by atoms with Gasteiger partial charge in [0, 0.05) is 6.42 Å². The summed E-state index contributed by atoms with van der Waals surface area (Å²) in [7, 11) is 2.75. The fourth-order valence-electron chi connectivity index (χ4n) is 1.81. The van der Waals surface area contributed by atoms with Gasteiger partial charge in [-0.3, -0.25) is 14.9 Å². The van der Waals surface area contributed by atoms with Crippen molar-refractivity contribution in [3.05, 3.63) is 27.8 Å². The van der Waals surface area contributed by atoms with Gasteiger partial charge in [0.05, 0.1) is 37.3 Å². The Morgan fingerprint density at radius 2 is 1.80 bits per heavy atom. The first-order valence-electron chi connectivity index (χ1n) is 7.38. The van der Waals surface area contributed by atoms with E-state index in [0.717, 1.165) is 0 Å². The molecule has 0 aliphatic heterocycles. The van der Waals surface area contributed by atoms with E-state index in [0.29, 0.717) is 0 Å². The largest absolute Gasteiger partial charge is 0.493 e. The Bertz CT molecular complexity index is 632. The predicted octanol–water partition coefficient (Wildman–Crippen LogP) is 1.79. The van der Waals surface area contributed by atoms with E-state index < -0.39 is 11.0 Å². The summed E-state index contributed by atoms with van der Waals surface area (Å²) in [5, 5.41) is 13.5. The highest BCUT2D eigenvalue weighted by Gasteiger charge is 2.20. The summed E-state index contributed by atoms with van der Waals surface area (Å²) in [6.07, 6.45) is -0.551. The molecule has 0 bridgehead atoms. The summed E-state index contributed by atoms with van der Waals surface area (Å²) in [6, 6.07) is 2.56. The molecule has 10 nitrogen and oxygen atoms in total. The predicted molar refractivity (Wildman–Crippen MR) is 85.6 cm³/mol. The lowest BCUT2D eigenvalue weighted by Gasteiger charge is -2.11. The number of ether oxygens (including phenoxy) is 4. The van der Waals surface area contributed by atoms with Gasteiger partial charge in [0.25, 0.3) is 5.69 Å². The second-order valence-electron chi connectivity index (χ2n) is 4.67. The number of hydrogen-bond donors (Lipinski definition) is 1. The third-order valence-corrected chi connectivity index (χ3v) is 3.06. The molecular formula is C15H20N2O8. The van der Waals surface area contributed by atoms with E-state index >= 15 is 0 Å². The van der Waals surface area contributed by atoms with Crippen molar-refractivity contribution in [2.75, 3.05) is 27.4 Å². The Morgan fingerprint density at radius 1 is 1.16 bits per heavy atom. The number of benzene rings is 1. The molecular weight excluding hydrogens is 336 g/mol. The maximum atomic E-state index is 11.6. The van der Waals surface area contributed by atoms with Crippen LogP contribution in [0.1, 0.15) is 18.9 Å². The van der Waals surface area contributed by atoms with Crippen molar-refractivity contribution in [3.63, 3.8) is 0 Å². The van der Waals surface area contributed by atoms with Crippen LogP contribution in [0.3, 0.4) is 0 Å². The van der Waals surface area contributed by atoms with Crippen molar-refractivity contribution in [1.82, 2.24) is 5.32 Å². The number of nitro benzene ring substituents is 1. The normalized spacial score (nSPS) is 9.88. The maximum Gasteiger partial charge on any atom is 0.407 e. The fourth-order valence-corrected chi connectivity index (χ4v) is 1.81. The topological polar surface area (TPSA) is 126 Å². The summed E-state index contributed by atoms with van der Waals surface area (Å²) in [4.78, 5) is 33.1. The van der Waals surface area contributed by atoms with Gasteiger partial charge in [0.2, 0.25) is 0 Å². The van der Waals surface area contributed by atoms with Crippen LogP contribution in [0.25, 0.3) is 0 Å². The summed E-state index contributed by atoms with van der Waals surface area (Å²) >= 11 is 0. The molecule has 1 amide bonds. The molecule has 25 heavy (non-hydrogen) atoms. The van der Waals surface area contributed by atoms with E-state index in [1.54, 1.807) is 6.92 Å². The summed E-state index contributed by atoms with van der Waals surface area (Å²) in [6.45, 7) is 1.40. The molecule has 0 saturated heterocycles. The van der Waals surface area contributed by atoms with Crippen LogP contribution in [-0.2, 0) is 20.9 Å². The molecule has 0 radical (unpaired) electrons. The molecule has 1 aromatic carbocycles. The smallest absolute Gasteiger partial charge is 0.407 e. The van der Waals surface area contributed by atoms with Crippen LogP contribution in [0.5, 0.6) is 11.5 Å². The van der Waals surface area contributed by atoms with E-state index in [1.807, 2.05) is 0 Å². The first kappa shape index (κ1) is 20.0. The van der Waals surface area contributed by atoms with Crippen molar-refractivity contribution in [1.29, 1.82) is 0 Å². The van der Waals surface area contributed by atoms with Gasteiger partial charge in [-0.05, 0) is 6.07 Å². The van der Waals surface area contributed by atoms with Gasteiger partial charge in [-0.2, -0.15) is 0 Å². The average molecular weight is 356 g/mol. The van der Waals surface area contributed by atoms with E-state index in [2.05, 4.69) is 5.32 Å². The van der Waals surface area contributed by atoms with Crippen molar-refractivity contribution in [2.24, 2.45) is 0 Å². The van der Waals surface area contributed by atoms with Crippen molar-refractivity contribution >= 4 is 17.7 Å². The van der Waals surface area contributed by atoms with E-state index in [4.69, 9.17) is 18.9 Å². The van der Waals surface area contributed by atoms with E-state index in [1.165, 1.54) is 26.4 Å². The third-order valence-electron chi connectivity index (χ3n) is 3.06. The zero-order chi connectivity index (χ0) is 18.8. The number of carbonyl (C=O) groups excluding carboxylic acids is 2. The molecule has 0 saturated carbocycles. The molecule has 0 aromatic heterocycles. The van der Waals surface area contributed by atoms with Crippen LogP contribution in [0.4, 0.5) is 10.5 Å². The molecule has 0 unspecified atom stereocenters. The number of carbonyl (C=O) groups is 2. The Hall–Kier alpha value is -3.04. The van der Waals surface area contributed by atoms with Crippen LogP contribution >= 0.6 is 0 Å². The van der Waals surface area contributed by atoms with Gasteiger partial charge in [-0.15, -0.1) is 0 Å². The summed E-state index contributed by atoms with van der Waals surface area (Å²) in [5.41, 5.74) is -0.113. The van der Waals surface area contributed by atoms with Crippen molar-refractivity contribution < 1.29 is 33.5 Å². The van der Waals surface area contributed by atoms with Gasteiger partial charge in [-0.1, -0.05) is 6.92 Å². The van der Waals surface area contributed by atoms with Crippen molar-refractivity contribution in [3.8, 4) is 11.5 Å². The second-order valence-corrected chi connectivity index (χ2v) is 4.67. The number of amides is 1. The van der Waals surface area contributed by atoms with Crippen LogP contribution in [-0.4, -0.2) is 44.4 Å². The van der Waals surface area contributed by atoms with Crippen LogP contribution in [0.15, 0.2) is 12.1 Å². The fraction of sp³-hybridized carbons (Fsp3) is 0.467. The van der Waals surface area contributed by atoms with Gasteiger partial charge in [0.15, 0.2) is 11.5 Å². The molecule has 0 atom stereocenters. The summed E-state index contributed by atoms with van der Waals surface area (Å²) in [5.74, 6) is 0.0925. The zero-order valence-electron chi connectivity index (χ0n) is 14.2. The Balaban J connectivity index is 2.65. The lowest BCUT2D eigenvalue weighted by molar-refractivity contribution is -0.385. The lowest BCUT2D eigenvalue weighted by atomic mass is 10.1. The monoisotopic (exact) mass is 356 g/mol. The quantitative estimate of drug-likeness (QED) is 0.307. The standard InChI is InChI=1S/C15H20N2O8/c1-4-14(18)24-6-5-16-15(19)25-9-10-7-12(22-2)13(23-3)8-11(10)17(20)21/h7-8H,4-6,9H2,1-3H3,(H,16,19). The minimum atomic E-state index is -0.795. The molecule has 0 aliphatic carbocycles. The number of alkyl carbamates (subject to hydrolysis) is 1. The Morgan fingerprint density at radius 3 is 2.36 bits per heavy atom. The molecule has 138 valence electrons. The van der Waals surface area contributed by atoms with Crippen LogP contribution in [0, 0.1) is 10.1 Å². The van der Waals surface area contributed by atoms with Gasteiger partial charge < -0.3 is 24.3 Å². The number of methoxy groups -OCH3 is 2. The van der Waals surface area contributed by atoms with E-state index in [9.17, 15) is 19.7 Å². The number of nitrogens with one attached hydrogen (secondary N) is 1. The molecule has 1 rings (SSSR count). The highest BCUT2D eigenvalue weighted by Crippen LogP contribution is 2.34. The minimum Gasteiger partial charge on any atom is -0.493 e. The first-order chi connectivity index (χ1) is 11.9. The first-order valence-corrected chi connectivity index (χ1v) is 7.38. The molecule has 10 heteroatoms. The molecule has 0 fully saturated rings. The van der Waals surface area contributed by atoms with Gasteiger partial charge >= 0.3 is 12.1 Å². The number of nitrogens with zero attached hydrogens (tertiary/aromatic N) is 1. The molecule has 0 heterocycles. The highest BCUT2D eigenvalue weighted by atomic mass is 16.6. The minimum absolute atomic E-state index is 0.0122. The van der Waals surface area contributed by atoms with E-state index in [-0.39, 0.29) is 54.9 Å². The van der Waals surface area contributed by atoms with Crippen LogP contribution < -0.4 is 14.8 Å². The summed E-state index contributed by atoms with van der Waals surface area (Å²) < 4.78 is 19.8. The Kier molecular flexibility index (Phi) is 7.97. The SMILES string of the molecule is CCC(=O)OCCNC(=O)OCc1cc(OC)c(OC)cc1[N+](=O)[O-]. The lowest BCUT2D eigenvalue weighted by Crippen LogP contribution is -2.28. The van der Waals surface area contributed by atoms with Gasteiger partial charge in [-0.25, -0.2) is 4.79 Å². The number of rotatable bonds is 9. The van der Waals surface area contributed by atoms with Gasteiger partial charge in [0.1, 0.15) is 13.2 Å². The Labute approximate surface area is 144 Å². The third kappa shape index (κ3) is 6.16. The maximum absolute atomic E-state index is 11.6. The number of esters is 1. The number of hydrogen-bond acceptors (Lipinski definition) is 8. The highest BCUT2D eigenvalue weighted by molar-refractivity contribution is 5.69. The molecule has 0 spiro atoms. The van der Waals surface area contributed by atoms with Crippen LogP contribution in [0.2, 0.25) is 0 Å².